The Hall–Kier alpha value is -1.63. The monoisotopic (exact) mass is 559 g/mol. The zero-order valence-corrected chi connectivity index (χ0v) is 22.3. The molecule has 1 aliphatic heterocycles. The third-order valence-corrected chi connectivity index (χ3v) is 9.16. The molecule has 190 valence electrons. The van der Waals surface area contributed by atoms with Gasteiger partial charge in [-0.15, -0.1) is 5.10 Å². The summed E-state index contributed by atoms with van der Waals surface area (Å²) in [4.78, 5) is 26.2. The second-order valence-corrected chi connectivity index (χ2v) is 11.9. The predicted molar refractivity (Wildman–Crippen MR) is 136 cm³/mol. The number of aromatic nitrogens is 2. The van der Waals surface area contributed by atoms with Gasteiger partial charge in [0.15, 0.2) is 0 Å². The van der Waals surface area contributed by atoms with Crippen molar-refractivity contribution in [3.63, 3.8) is 0 Å². The molecule has 0 spiro atoms. The lowest BCUT2D eigenvalue weighted by molar-refractivity contribution is -0.124. The maximum Gasteiger partial charge on any atom is 0.350 e. The molecule has 2 heterocycles. The van der Waals surface area contributed by atoms with Crippen molar-refractivity contribution < 1.29 is 18.9 Å². The number of ether oxygens (including phenoxy) is 1. The second-order valence-electron chi connectivity index (χ2n) is 8.72. The van der Waals surface area contributed by atoms with Gasteiger partial charge in [-0.3, -0.25) is 9.59 Å². The normalized spacial score (nSPS) is 22.4. The van der Waals surface area contributed by atoms with Gasteiger partial charge >= 0.3 is 4.34 Å². The third kappa shape index (κ3) is 7.21. The summed E-state index contributed by atoms with van der Waals surface area (Å²) in [6.45, 7) is 3.25. The van der Waals surface area contributed by atoms with Crippen molar-refractivity contribution in [1.82, 2.24) is 19.8 Å². The van der Waals surface area contributed by atoms with E-state index >= 15 is 0 Å². The minimum Gasteiger partial charge on any atom is -0.586 e. The Morgan fingerprint density at radius 1 is 1.11 bits per heavy atom. The Morgan fingerprint density at radius 3 is 2.49 bits per heavy atom. The zero-order valence-electron chi connectivity index (χ0n) is 19.2. The number of amides is 2. The molecule has 4 rings (SSSR count). The molecule has 9 nitrogen and oxygen atoms in total. The maximum absolute atomic E-state index is 12.6. The summed E-state index contributed by atoms with van der Waals surface area (Å²) in [6.07, 6.45) is 5.36. The van der Waals surface area contributed by atoms with Gasteiger partial charge in [0.2, 0.25) is 11.0 Å². The Labute approximate surface area is 221 Å². The van der Waals surface area contributed by atoms with Crippen LogP contribution in [0.1, 0.15) is 45.4 Å². The molecule has 1 unspecified atom stereocenters. The lowest BCUT2D eigenvalue weighted by Gasteiger charge is -2.40. The van der Waals surface area contributed by atoms with E-state index in [-0.39, 0.29) is 33.3 Å². The highest BCUT2D eigenvalue weighted by molar-refractivity contribution is 7.92. The minimum absolute atomic E-state index is 0.145. The van der Waals surface area contributed by atoms with Crippen LogP contribution in [0.25, 0.3) is 0 Å². The topological polar surface area (TPSA) is 120 Å². The summed E-state index contributed by atoms with van der Waals surface area (Å²) >= 11 is 11.2. The van der Waals surface area contributed by atoms with Crippen LogP contribution in [0.3, 0.4) is 0 Å². The third-order valence-electron chi connectivity index (χ3n) is 6.30. The van der Waals surface area contributed by atoms with Gasteiger partial charge in [0.05, 0.1) is 10.0 Å². The summed E-state index contributed by atoms with van der Waals surface area (Å²) in [6, 6.07) is 5.78. The highest BCUT2D eigenvalue weighted by atomic mass is 35.5. The fourth-order valence-corrected chi connectivity index (χ4v) is 6.54. The molecule has 1 saturated carbocycles. The summed E-state index contributed by atoms with van der Waals surface area (Å²) in [5.41, 5.74) is 0. The van der Waals surface area contributed by atoms with E-state index in [0.29, 0.717) is 16.1 Å². The number of nitrogens with one attached hydrogen (secondary N) is 2. The van der Waals surface area contributed by atoms with Gasteiger partial charge in [-0.1, -0.05) is 28.3 Å². The lowest BCUT2D eigenvalue weighted by Crippen LogP contribution is -2.46. The first-order valence-corrected chi connectivity index (χ1v) is 14.2. The SMILES string of the molecule is CC(=O)Nc1nnc([S+]([O-])NC(=O)C2CCC(N3CCC(Oc4ccc(Cl)c(Cl)c4)CC3)CC2)s1. The van der Waals surface area contributed by atoms with E-state index in [4.69, 9.17) is 27.9 Å². The Bertz CT molecular complexity index is 1040. The average molecular weight is 561 g/mol. The summed E-state index contributed by atoms with van der Waals surface area (Å²) in [5, 5.41) is 11.3. The molecule has 1 aliphatic carbocycles. The Balaban J connectivity index is 1.19. The molecular weight excluding hydrogens is 533 g/mol. The maximum atomic E-state index is 12.6. The number of nitrogens with zero attached hydrogens (tertiary/aromatic N) is 3. The first-order chi connectivity index (χ1) is 16.8. The lowest BCUT2D eigenvalue weighted by atomic mass is 9.84. The van der Waals surface area contributed by atoms with Crippen molar-refractivity contribution >= 4 is 62.8 Å². The Kier molecular flexibility index (Phi) is 9.12. The molecule has 13 heteroatoms. The van der Waals surface area contributed by atoms with Crippen molar-refractivity contribution in [2.24, 2.45) is 5.92 Å². The van der Waals surface area contributed by atoms with Gasteiger partial charge < -0.3 is 19.5 Å². The molecule has 1 aromatic carbocycles. The molecule has 0 radical (unpaired) electrons. The van der Waals surface area contributed by atoms with E-state index in [2.05, 4.69) is 25.1 Å². The van der Waals surface area contributed by atoms with Crippen LogP contribution in [-0.2, 0) is 21.0 Å². The van der Waals surface area contributed by atoms with Crippen molar-refractivity contribution in [3.8, 4) is 5.75 Å². The first-order valence-electron chi connectivity index (χ1n) is 11.5. The molecule has 1 atom stereocenters. The fraction of sp³-hybridized carbons (Fsp3) is 0.545. The van der Waals surface area contributed by atoms with Gasteiger partial charge in [-0.2, -0.15) is 4.72 Å². The molecule has 35 heavy (non-hydrogen) atoms. The van der Waals surface area contributed by atoms with Gasteiger partial charge in [0, 0.05) is 38.0 Å². The molecule has 1 aromatic heterocycles. The summed E-state index contributed by atoms with van der Waals surface area (Å²) in [7, 11) is 0. The second kappa shape index (κ2) is 12.1. The first kappa shape index (κ1) is 26.4. The number of rotatable bonds is 7. The molecular formula is C22H27Cl2N5O4S2. The van der Waals surface area contributed by atoms with Gasteiger partial charge in [0.25, 0.3) is 5.91 Å². The summed E-state index contributed by atoms with van der Waals surface area (Å²) in [5.74, 6) is 0.0457. The predicted octanol–water partition coefficient (Wildman–Crippen LogP) is 4.04. The van der Waals surface area contributed by atoms with E-state index in [0.717, 1.165) is 68.7 Å². The summed E-state index contributed by atoms with van der Waals surface area (Å²) < 4.78 is 21.2. The van der Waals surface area contributed by atoms with Gasteiger partial charge in [0.1, 0.15) is 23.2 Å². The number of likely N-dealkylation sites (tertiary alicyclic amines) is 1. The van der Waals surface area contributed by atoms with Crippen molar-refractivity contribution in [2.45, 2.75) is 61.9 Å². The van der Waals surface area contributed by atoms with Crippen molar-refractivity contribution in [1.29, 1.82) is 0 Å². The van der Waals surface area contributed by atoms with E-state index in [1.54, 1.807) is 12.1 Å². The standard InChI is InChI=1S/C22H27Cl2N5O4S2/c1-13(30)25-21-26-27-22(34-21)35(32)28-20(31)14-2-4-15(5-3-14)29-10-8-16(9-11-29)33-17-6-7-18(23)19(24)12-17/h6-7,12,14-16H,2-5,8-11H2,1H3,(H,28,31)(H,25,26,30). The quantitative estimate of drug-likeness (QED) is 0.388. The highest BCUT2D eigenvalue weighted by Crippen LogP contribution is 2.32. The van der Waals surface area contributed by atoms with Gasteiger partial charge in [-0.25, -0.2) is 0 Å². The largest absolute Gasteiger partial charge is 0.586 e. The average Bonchev–Trinajstić information content (AvgIpc) is 3.30. The number of anilines is 1. The molecule has 2 fully saturated rings. The molecule has 0 bridgehead atoms. The van der Waals surface area contributed by atoms with E-state index in [1.165, 1.54) is 6.92 Å². The number of piperidine rings is 1. The van der Waals surface area contributed by atoms with Crippen LogP contribution in [0.5, 0.6) is 5.75 Å². The number of halogens is 2. The van der Waals surface area contributed by atoms with Crippen LogP contribution in [-0.4, -0.2) is 56.7 Å². The van der Waals surface area contributed by atoms with E-state index in [9.17, 15) is 14.1 Å². The number of hydrogen-bond donors (Lipinski definition) is 2. The smallest absolute Gasteiger partial charge is 0.350 e. The fourth-order valence-electron chi connectivity index (χ4n) is 4.51. The zero-order chi connectivity index (χ0) is 24.9. The van der Waals surface area contributed by atoms with Crippen molar-refractivity contribution in [2.75, 3.05) is 18.4 Å². The molecule has 2 amide bonds. The number of carbonyl (C=O) groups is 2. The number of carbonyl (C=O) groups excluding carboxylic acids is 2. The number of benzene rings is 1. The number of hydrogen-bond acceptors (Lipinski definition) is 8. The molecule has 2 aliphatic rings. The molecule has 1 saturated heterocycles. The molecule has 2 N–H and O–H groups in total. The Morgan fingerprint density at radius 2 is 1.83 bits per heavy atom. The van der Waals surface area contributed by atoms with Crippen LogP contribution in [0.2, 0.25) is 10.0 Å². The van der Waals surface area contributed by atoms with Crippen molar-refractivity contribution in [3.05, 3.63) is 28.2 Å². The highest BCUT2D eigenvalue weighted by Gasteiger charge is 2.34. The molecule has 2 aromatic rings. The minimum atomic E-state index is -1.79. The van der Waals surface area contributed by atoms with E-state index < -0.39 is 11.4 Å². The van der Waals surface area contributed by atoms with Crippen LogP contribution >= 0.6 is 34.5 Å². The van der Waals surface area contributed by atoms with Gasteiger partial charge in [-0.05, 0) is 62.0 Å². The van der Waals surface area contributed by atoms with Crippen LogP contribution in [0, 0.1) is 5.92 Å². The van der Waals surface area contributed by atoms with Crippen LogP contribution in [0.15, 0.2) is 22.5 Å². The van der Waals surface area contributed by atoms with Crippen LogP contribution in [0.4, 0.5) is 5.13 Å². The van der Waals surface area contributed by atoms with E-state index in [1.807, 2.05) is 6.07 Å². The van der Waals surface area contributed by atoms with Crippen LogP contribution < -0.4 is 14.8 Å².